The summed E-state index contributed by atoms with van der Waals surface area (Å²) < 4.78 is 10.6. The maximum atomic E-state index is 12.5. The van der Waals surface area contributed by atoms with Crippen molar-refractivity contribution < 1.29 is 19.1 Å². The van der Waals surface area contributed by atoms with Gasteiger partial charge < -0.3 is 20.1 Å². The van der Waals surface area contributed by atoms with E-state index in [4.69, 9.17) is 9.47 Å². The van der Waals surface area contributed by atoms with Gasteiger partial charge in [0.25, 0.3) is 11.8 Å². The van der Waals surface area contributed by atoms with Crippen molar-refractivity contribution in [3.63, 3.8) is 0 Å². The monoisotopic (exact) mass is 370 g/mol. The van der Waals surface area contributed by atoms with Gasteiger partial charge in [0.15, 0.2) is 0 Å². The minimum Gasteiger partial charge on any atom is -0.491 e. The molecule has 27 heavy (non-hydrogen) atoms. The molecular weight excluding hydrogens is 344 g/mol. The van der Waals surface area contributed by atoms with Crippen LogP contribution in [0.4, 0.5) is 5.69 Å². The van der Waals surface area contributed by atoms with Gasteiger partial charge in [-0.15, -0.1) is 0 Å². The van der Waals surface area contributed by atoms with Crippen LogP contribution in [-0.2, 0) is 4.74 Å². The molecular formula is C21H26N2O4. The lowest BCUT2D eigenvalue weighted by Crippen LogP contribution is -2.28. The highest BCUT2D eigenvalue weighted by Crippen LogP contribution is 2.18. The van der Waals surface area contributed by atoms with Gasteiger partial charge in [0.2, 0.25) is 0 Å². The van der Waals surface area contributed by atoms with Crippen LogP contribution in [0.15, 0.2) is 48.5 Å². The first-order valence-corrected chi connectivity index (χ1v) is 8.99. The van der Waals surface area contributed by atoms with Gasteiger partial charge in [-0.3, -0.25) is 9.59 Å². The standard InChI is InChI=1S/C21H26N2O4/c1-4-15(2)27-17-11-9-16(10-12-17)20(24)23-19-8-6-5-7-18(19)21(25)22-13-14-26-3/h5-12,15H,4,13-14H2,1-3H3,(H,22,25)(H,23,24). The lowest BCUT2D eigenvalue weighted by Gasteiger charge is -2.13. The van der Waals surface area contributed by atoms with Crippen molar-refractivity contribution >= 4 is 17.5 Å². The fourth-order valence-corrected chi connectivity index (χ4v) is 2.35. The Hall–Kier alpha value is -2.86. The Morgan fingerprint density at radius 2 is 1.74 bits per heavy atom. The average Bonchev–Trinajstić information content (AvgIpc) is 2.69. The Morgan fingerprint density at radius 3 is 2.41 bits per heavy atom. The maximum Gasteiger partial charge on any atom is 0.255 e. The van der Waals surface area contributed by atoms with Gasteiger partial charge in [-0.05, 0) is 49.7 Å². The number of methoxy groups -OCH3 is 1. The molecule has 0 heterocycles. The summed E-state index contributed by atoms with van der Waals surface area (Å²) in [5.41, 5.74) is 1.34. The van der Waals surface area contributed by atoms with E-state index in [-0.39, 0.29) is 17.9 Å². The quantitative estimate of drug-likeness (QED) is 0.663. The van der Waals surface area contributed by atoms with Crippen molar-refractivity contribution in [3.05, 3.63) is 59.7 Å². The molecule has 6 heteroatoms. The van der Waals surface area contributed by atoms with E-state index in [1.165, 1.54) is 0 Å². The highest BCUT2D eigenvalue weighted by molar-refractivity contribution is 6.09. The minimum atomic E-state index is -0.290. The second kappa shape index (κ2) is 10.3. The first-order chi connectivity index (χ1) is 13.0. The molecule has 1 unspecified atom stereocenters. The Balaban J connectivity index is 2.06. The molecule has 2 rings (SSSR count). The number of carbonyl (C=O) groups excluding carboxylic acids is 2. The summed E-state index contributed by atoms with van der Waals surface area (Å²) in [6, 6.07) is 13.8. The molecule has 0 saturated heterocycles. The summed E-state index contributed by atoms with van der Waals surface area (Å²) in [4.78, 5) is 24.8. The summed E-state index contributed by atoms with van der Waals surface area (Å²) in [5.74, 6) is 0.168. The zero-order chi connectivity index (χ0) is 19.6. The Bertz CT molecular complexity index is 759. The Labute approximate surface area is 159 Å². The van der Waals surface area contributed by atoms with Crippen LogP contribution < -0.4 is 15.4 Å². The summed E-state index contributed by atoms with van der Waals surface area (Å²) in [6.07, 6.45) is 1.03. The molecule has 1 atom stereocenters. The van der Waals surface area contributed by atoms with Gasteiger partial charge in [0.1, 0.15) is 5.75 Å². The third kappa shape index (κ3) is 6.11. The zero-order valence-electron chi connectivity index (χ0n) is 16.0. The van der Waals surface area contributed by atoms with Gasteiger partial charge in [-0.25, -0.2) is 0 Å². The topological polar surface area (TPSA) is 76.7 Å². The smallest absolute Gasteiger partial charge is 0.255 e. The van der Waals surface area contributed by atoms with E-state index in [0.29, 0.717) is 30.0 Å². The normalized spacial score (nSPS) is 11.5. The number of para-hydroxylation sites is 1. The molecule has 0 aromatic heterocycles. The van der Waals surface area contributed by atoms with Gasteiger partial charge in [-0.1, -0.05) is 19.1 Å². The first-order valence-electron chi connectivity index (χ1n) is 8.99. The number of ether oxygens (including phenoxy) is 2. The number of amides is 2. The van der Waals surface area contributed by atoms with E-state index >= 15 is 0 Å². The summed E-state index contributed by atoms with van der Waals surface area (Å²) in [7, 11) is 1.57. The number of hydrogen-bond acceptors (Lipinski definition) is 4. The molecule has 0 bridgehead atoms. The molecule has 6 nitrogen and oxygen atoms in total. The molecule has 144 valence electrons. The lowest BCUT2D eigenvalue weighted by molar-refractivity contribution is 0.0938. The van der Waals surface area contributed by atoms with Crippen LogP contribution in [0.25, 0.3) is 0 Å². The van der Waals surface area contributed by atoms with Crippen LogP contribution in [0, 0.1) is 0 Å². The van der Waals surface area contributed by atoms with Crippen molar-refractivity contribution in [1.82, 2.24) is 5.32 Å². The van der Waals surface area contributed by atoms with Crippen LogP contribution in [-0.4, -0.2) is 38.2 Å². The molecule has 0 fully saturated rings. The molecule has 2 N–H and O–H groups in total. The molecule has 2 aromatic rings. The zero-order valence-corrected chi connectivity index (χ0v) is 16.0. The van der Waals surface area contributed by atoms with Crippen LogP contribution in [0.3, 0.4) is 0 Å². The Kier molecular flexibility index (Phi) is 7.82. The summed E-state index contributed by atoms with van der Waals surface area (Å²) in [5, 5.41) is 5.55. The van der Waals surface area contributed by atoms with Crippen molar-refractivity contribution in [2.75, 3.05) is 25.6 Å². The number of hydrogen-bond donors (Lipinski definition) is 2. The van der Waals surface area contributed by atoms with Crippen LogP contribution >= 0.6 is 0 Å². The van der Waals surface area contributed by atoms with Crippen LogP contribution in [0.2, 0.25) is 0 Å². The van der Waals surface area contributed by atoms with Crippen molar-refractivity contribution in [2.24, 2.45) is 0 Å². The van der Waals surface area contributed by atoms with E-state index in [0.717, 1.165) is 12.2 Å². The number of nitrogens with one attached hydrogen (secondary N) is 2. The summed E-state index contributed by atoms with van der Waals surface area (Å²) >= 11 is 0. The van der Waals surface area contributed by atoms with Gasteiger partial charge >= 0.3 is 0 Å². The second-order valence-corrected chi connectivity index (χ2v) is 6.11. The molecule has 0 saturated carbocycles. The third-order valence-corrected chi connectivity index (χ3v) is 4.04. The third-order valence-electron chi connectivity index (χ3n) is 4.04. The molecule has 0 radical (unpaired) electrons. The number of benzene rings is 2. The van der Waals surface area contributed by atoms with E-state index in [1.807, 2.05) is 6.92 Å². The van der Waals surface area contributed by atoms with Gasteiger partial charge in [0, 0.05) is 19.2 Å². The van der Waals surface area contributed by atoms with Crippen molar-refractivity contribution in [2.45, 2.75) is 26.4 Å². The second-order valence-electron chi connectivity index (χ2n) is 6.11. The molecule has 0 aliphatic heterocycles. The predicted molar refractivity (Wildman–Crippen MR) is 105 cm³/mol. The largest absolute Gasteiger partial charge is 0.491 e. The molecule has 0 spiro atoms. The molecule has 0 aliphatic carbocycles. The average molecular weight is 370 g/mol. The minimum absolute atomic E-state index is 0.119. The lowest BCUT2D eigenvalue weighted by atomic mass is 10.1. The highest BCUT2D eigenvalue weighted by atomic mass is 16.5. The van der Waals surface area contributed by atoms with E-state index in [1.54, 1.807) is 55.6 Å². The Morgan fingerprint density at radius 1 is 1.04 bits per heavy atom. The van der Waals surface area contributed by atoms with Crippen LogP contribution in [0.1, 0.15) is 41.0 Å². The number of rotatable bonds is 9. The predicted octanol–water partition coefficient (Wildman–Crippen LogP) is 3.49. The van der Waals surface area contributed by atoms with Gasteiger partial charge in [-0.2, -0.15) is 0 Å². The fraction of sp³-hybridized carbons (Fsp3) is 0.333. The number of carbonyl (C=O) groups is 2. The molecule has 0 aliphatic rings. The summed E-state index contributed by atoms with van der Waals surface area (Å²) in [6.45, 7) is 4.87. The first kappa shape index (κ1) is 20.5. The van der Waals surface area contributed by atoms with E-state index in [9.17, 15) is 9.59 Å². The SMILES string of the molecule is CCC(C)Oc1ccc(C(=O)Nc2ccccc2C(=O)NCCOC)cc1. The van der Waals surface area contributed by atoms with Crippen LogP contribution in [0.5, 0.6) is 5.75 Å². The van der Waals surface area contributed by atoms with Gasteiger partial charge in [0.05, 0.1) is 24.0 Å². The van der Waals surface area contributed by atoms with E-state index < -0.39 is 0 Å². The fourth-order valence-electron chi connectivity index (χ4n) is 2.35. The molecule has 2 aromatic carbocycles. The van der Waals surface area contributed by atoms with Crippen molar-refractivity contribution in [1.29, 1.82) is 0 Å². The van der Waals surface area contributed by atoms with E-state index in [2.05, 4.69) is 17.6 Å². The highest BCUT2D eigenvalue weighted by Gasteiger charge is 2.14. The molecule has 2 amide bonds. The maximum absolute atomic E-state index is 12.5. The van der Waals surface area contributed by atoms with Crippen molar-refractivity contribution in [3.8, 4) is 5.75 Å². The number of anilines is 1.